The van der Waals surface area contributed by atoms with E-state index in [1.165, 1.54) is 19.0 Å². The van der Waals surface area contributed by atoms with Crippen molar-refractivity contribution in [3.63, 3.8) is 0 Å². The lowest BCUT2D eigenvalue weighted by atomic mass is 10.1. The number of nitrogens with zero attached hydrogens (tertiary/aromatic N) is 6. The Labute approximate surface area is 174 Å². The fourth-order valence-corrected chi connectivity index (χ4v) is 2.82. The lowest BCUT2D eigenvalue weighted by Gasteiger charge is -2.27. The van der Waals surface area contributed by atoms with Crippen LogP contribution in [0.3, 0.4) is 0 Å². The Morgan fingerprint density at radius 3 is 1.80 bits per heavy atom. The van der Waals surface area contributed by atoms with Crippen LogP contribution in [0.4, 0.5) is 5.82 Å². The zero-order valence-corrected chi connectivity index (χ0v) is 16.1. The number of rotatable bonds is 3. The van der Waals surface area contributed by atoms with Crippen LogP contribution in [0.25, 0.3) is 11.4 Å². The highest BCUT2D eigenvalue weighted by atomic mass is 15.5. The largest absolute Gasteiger partial charge is 0.289 e. The van der Waals surface area contributed by atoms with E-state index in [1.54, 1.807) is 12.5 Å². The molecular weight excluding hydrogens is 374 g/mol. The molecule has 2 aromatic heterocycles. The van der Waals surface area contributed by atoms with Crippen molar-refractivity contribution >= 4 is 23.6 Å². The van der Waals surface area contributed by atoms with Crippen LogP contribution in [-0.4, -0.2) is 26.3 Å². The van der Waals surface area contributed by atoms with E-state index in [0.717, 1.165) is 28.3 Å². The number of hydrazine groups is 1. The lowest BCUT2D eigenvalue weighted by molar-refractivity contribution is 0.913. The molecular formula is C23H19N7. The van der Waals surface area contributed by atoms with Gasteiger partial charge < -0.3 is 0 Å². The third kappa shape index (κ3) is 4.71. The number of pyridine rings is 1. The third-order valence-corrected chi connectivity index (χ3v) is 4.18. The molecule has 30 heavy (non-hydrogen) atoms. The lowest BCUT2D eigenvalue weighted by Crippen LogP contribution is -2.39. The summed E-state index contributed by atoms with van der Waals surface area (Å²) in [6.45, 7) is 0. The molecule has 1 aliphatic rings. The van der Waals surface area contributed by atoms with E-state index in [-0.39, 0.29) is 0 Å². The summed E-state index contributed by atoms with van der Waals surface area (Å²) in [5, 5.41) is 1.83. The molecule has 0 aliphatic carbocycles. The van der Waals surface area contributed by atoms with Crippen molar-refractivity contribution in [3.8, 4) is 0 Å². The Balaban J connectivity index is 0.000000313. The average molecular weight is 393 g/mol. The van der Waals surface area contributed by atoms with Crippen LogP contribution in [-0.2, 0) is 0 Å². The molecule has 7 heteroatoms. The molecule has 0 bridgehead atoms. The number of benzene rings is 2. The number of aromatic nitrogens is 4. The molecule has 4 aromatic rings. The Hall–Kier alpha value is -4.39. The first-order valence-electron chi connectivity index (χ1n) is 9.33. The molecule has 0 radical (unpaired) electrons. The number of aliphatic imine (C=N–C) groups is 1. The van der Waals surface area contributed by atoms with Crippen molar-refractivity contribution in [2.75, 3.05) is 5.01 Å². The second kappa shape index (κ2) is 9.70. The van der Waals surface area contributed by atoms with E-state index in [4.69, 9.17) is 4.99 Å². The SMILES string of the molecule is C1=NC(c2ccccc2)=C(c2ccccc2)NN1c1ccccn1.c1ncncn1. The molecule has 0 unspecified atom stereocenters. The van der Waals surface area contributed by atoms with Crippen molar-refractivity contribution in [1.29, 1.82) is 0 Å². The summed E-state index contributed by atoms with van der Waals surface area (Å²) in [5.41, 5.74) is 7.45. The maximum absolute atomic E-state index is 4.69. The normalized spacial score (nSPS) is 12.6. The molecule has 0 saturated carbocycles. The van der Waals surface area contributed by atoms with Gasteiger partial charge in [0.2, 0.25) is 0 Å². The van der Waals surface area contributed by atoms with Gasteiger partial charge in [-0.25, -0.2) is 29.9 Å². The first-order chi connectivity index (χ1) is 14.9. The van der Waals surface area contributed by atoms with Crippen molar-refractivity contribution in [3.05, 3.63) is 115 Å². The van der Waals surface area contributed by atoms with Gasteiger partial charge in [0.1, 0.15) is 25.3 Å². The summed E-state index contributed by atoms with van der Waals surface area (Å²) in [6, 6.07) is 26.2. The summed E-state index contributed by atoms with van der Waals surface area (Å²) < 4.78 is 0. The minimum Gasteiger partial charge on any atom is -0.289 e. The summed E-state index contributed by atoms with van der Waals surface area (Å²) in [4.78, 5) is 19.8. The van der Waals surface area contributed by atoms with Crippen molar-refractivity contribution in [1.82, 2.24) is 25.4 Å². The molecule has 146 valence electrons. The molecule has 1 aliphatic heterocycles. The number of nitrogens with one attached hydrogen (secondary N) is 1. The summed E-state index contributed by atoms with van der Waals surface area (Å²) in [7, 11) is 0. The van der Waals surface area contributed by atoms with Crippen LogP contribution < -0.4 is 10.4 Å². The van der Waals surface area contributed by atoms with Crippen molar-refractivity contribution < 1.29 is 0 Å². The zero-order valence-electron chi connectivity index (χ0n) is 16.1. The van der Waals surface area contributed by atoms with E-state index >= 15 is 0 Å². The second-order valence-electron chi connectivity index (χ2n) is 6.16. The third-order valence-electron chi connectivity index (χ3n) is 4.18. The summed E-state index contributed by atoms with van der Waals surface area (Å²) in [6.07, 6.45) is 7.84. The quantitative estimate of drug-likeness (QED) is 0.570. The van der Waals surface area contributed by atoms with Crippen LogP contribution >= 0.6 is 0 Å². The topological polar surface area (TPSA) is 79.2 Å². The van der Waals surface area contributed by atoms with E-state index in [2.05, 4.69) is 49.6 Å². The van der Waals surface area contributed by atoms with Gasteiger partial charge in [0.05, 0.1) is 11.4 Å². The predicted octanol–water partition coefficient (Wildman–Crippen LogP) is 3.83. The second-order valence-corrected chi connectivity index (χ2v) is 6.16. The molecule has 3 heterocycles. The number of anilines is 1. The highest BCUT2D eigenvalue weighted by Crippen LogP contribution is 2.28. The fraction of sp³-hybridized carbons (Fsp3) is 0. The zero-order chi connectivity index (χ0) is 20.4. The Morgan fingerprint density at radius 2 is 1.23 bits per heavy atom. The smallest absolute Gasteiger partial charge is 0.152 e. The highest BCUT2D eigenvalue weighted by Gasteiger charge is 2.18. The Morgan fingerprint density at radius 1 is 0.633 bits per heavy atom. The Bertz CT molecular complexity index is 1070. The maximum Gasteiger partial charge on any atom is 0.152 e. The van der Waals surface area contributed by atoms with E-state index < -0.39 is 0 Å². The molecule has 5 rings (SSSR count). The van der Waals surface area contributed by atoms with Gasteiger partial charge in [-0.05, 0) is 12.1 Å². The van der Waals surface area contributed by atoms with Crippen LogP contribution in [0.1, 0.15) is 11.1 Å². The number of hydrogen-bond acceptors (Lipinski definition) is 7. The van der Waals surface area contributed by atoms with E-state index in [0.29, 0.717) is 0 Å². The Kier molecular flexibility index (Phi) is 6.13. The monoisotopic (exact) mass is 393 g/mol. The van der Waals surface area contributed by atoms with Gasteiger partial charge in [-0.3, -0.25) is 5.43 Å². The van der Waals surface area contributed by atoms with Crippen LogP contribution in [0.5, 0.6) is 0 Å². The molecule has 0 saturated heterocycles. The minimum absolute atomic E-state index is 0.793. The predicted molar refractivity (Wildman–Crippen MR) is 118 cm³/mol. The first kappa shape index (κ1) is 18.9. The highest BCUT2D eigenvalue weighted by molar-refractivity contribution is 5.98. The molecule has 2 aromatic carbocycles. The van der Waals surface area contributed by atoms with Crippen LogP contribution in [0, 0.1) is 0 Å². The fourth-order valence-electron chi connectivity index (χ4n) is 2.82. The molecule has 0 amide bonds. The van der Waals surface area contributed by atoms with Gasteiger partial charge in [-0.15, -0.1) is 0 Å². The molecule has 0 spiro atoms. The molecule has 0 atom stereocenters. The number of hydrogen-bond donors (Lipinski definition) is 1. The first-order valence-corrected chi connectivity index (χ1v) is 9.33. The van der Waals surface area contributed by atoms with Gasteiger partial charge >= 0.3 is 0 Å². The van der Waals surface area contributed by atoms with E-state index in [9.17, 15) is 0 Å². The van der Waals surface area contributed by atoms with Gasteiger partial charge in [-0.2, -0.15) is 0 Å². The minimum atomic E-state index is 0.793. The van der Waals surface area contributed by atoms with Crippen molar-refractivity contribution in [2.45, 2.75) is 0 Å². The van der Waals surface area contributed by atoms with Gasteiger partial charge in [0.25, 0.3) is 0 Å². The van der Waals surface area contributed by atoms with Gasteiger partial charge in [-0.1, -0.05) is 66.7 Å². The van der Waals surface area contributed by atoms with Gasteiger partial charge in [0, 0.05) is 17.3 Å². The maximum atomic E-state index is 4.69. The van der Waals surface area contributed by atoms with E-state index in [1.807, 2.05) is 59.6 Å². The van der Waals surface area contributed by atoms with Crippen molar-refractivity contribution in [2.24, 2.45) is 4.99 Å². The standard InChI is InChI=1S/C20H16N4.C3H3N3/c1-3-9-16(10-4-1)19-20(17-11-5-2-6-12-17)23-24(15-22-19)18-13-7-8-14-21-18;1-4-2-6-3-5-1/h1-15,23H;1-3H. The van der Waals surface area contributed by atoms with Crippen LogP contribution in [0.2, 0.25) is 0 Å². The van der Waals surface area contributed by atoms with Gasteiger partial charge in [0.15, 0.2) is 5.82 Å². The summed E-state index contributed by atoms with van der Waals surface area (Å²) in [5.74, 6) is 0.793. The summed E-state index contributed by atoms with van der Waals surface area (Å²) >= 11 is 0. The average Bonchev–Trinajstić information content (AvgIpc) is 2.87. The van der Waals surface area contributed by atoms with Crippen LogP contribution in [0.15, 0.2) is 109 Å². The molecule has 0 fully saturated rings. The molecule has 7 nitrogen and oxygen atoms in total. The molecule has 1 N–H and O–H groups in total.